The van der Waals surface area contributed by atoms with E-state index in [-0.39, 0.29) is 20.8 Å². The second-order valence-corrected chi connectivity index (χ2v) is 6.66. The van der Waals surface area contributed by atoms with Gasteiger partial charge in [-0.2, -0.15) is 8.42 Å². The van der Waals surface area contributed by atoms with E-state index in [1.165, 1.54) is 12.5 Å². The molecule has 0 aromatic carbocycles. The Morgan fingerprint density at radius 1 is 1.67 bits per heavy atom. The summed E-state index contributed by atoms with van der Waals surface area (Å²) in [6, 6.07) is -2.35. The quantitative estimate of drug-likeness (QED) is 0.183. The number of amides is 2. The van der Waals surface area contributed by atoms with E-state index >= 15 is 0 Å². The first-order valence-corrected chi connectivity index (χ1v) is 8.55. The minimum atomic E-state index is -4.75. The number of β-lactam (4-membered cyclic amide) rings is 1. The number of nitrogens with one attached hydrogen (secondary N) is 1. The zero-order valence-corrected chi connectivity index (χ0v) is 13.9. The fraction of sp³-hybridized carbons (Fsp3) is 0.273. The molecule has 1 aliphatic heterocycles. The van der Waals surface area contributed by atoms with Gasteiger partial charge in [-0.05, 0) is 0 Å². The minimum Gasteiger partial charge on any atom is -0.398 e. The molecule has 0 spiro atoms. The highest BCUT2D eigenvalue weighted by Gasteiger charge is 2.52. The van der Waals surface area contributed by atoms with E-state index in [2.05, 4.69) is 26.9 Å². The molecule has 13 heteroatoms. The van der Waals surface area contributed by atoms with Gasteiger partial charge in [-0.15, -0.1) is 17.9 Å². The summed E-state index contributed by atoms with van der Waals surface area (Å²) in [6.07, 6.45) is 1.11. The molecule has 2 atom stereocenters. The Bertz CT molecular complexity index is 817. The van der Waals surface area contributed by atoms with E-state index in [4.69, 9.17) is 10.3 Å². The summed E-state index contributed by atoms with van der Waals surface area (Å²) in [5.41, 5.74) is 5.38. The standard InChI is InChI=1S/C11H13N5O6S2/c1-3-6-8(10(18)16(6)24(19,20)21)14-9(17)7(15-22-2)5-4-23-11(12)13-5/h3-4,6,8H,1H2,2H3,(H2,12,13)(H,14,17)(H,19,20,21)/b15-7+/t6-,8+/m1/s1. The van der Waals surface area contributed by atoms with Crippen molar-refractivity contribution in [1.29, 1.82) is 0 Å². The second-order valence-electron chi connectivity index (χ2n) is 4.48. The molecule has 1 aromatic heterocycles. The van der Waals surface area contributed by atoms with Crippen molar-refractivity contribution in [3.05, 3.63) is 23.7 Å². The zero-order valence-electron chi connectivity index (χ0n) is 12.2. The molecule has 0 saturated carbocycles. The van der Waals surface area contributed by atoms with Crippen molar-refractivity contribution in [2.75, 3.05) is 12.8 Å². The van der Waals surface area contributed by atoms with Crippen LogP contribution in [0.25, 0.3) is 0 Å². The Kier molecular flexibility index (Phi) is 4.86. The zero-order chi connectivity index (χ0) is 18.1. The van der Waals surface area contributed by atoms with Crippen LogP contribution in [0.15, 0.2) is 23.2 Å². The minimum absolute atomic E-state index is 0.130. The van der Waals surface area contributed by atoms with Crippen LogP contribution in [0.3, 0.4) is 0 Å². The van der Waals surface area contributed by atoms with Crippen LogP contribution in [-0.2, 0) is 24.7 Å². The molecule has 0 bridgehead atoms. The lowest BCUT2D eigenvalue weighted by molar-refractivity contribution is -0.142. The summed E-state index contributed by atoms with van der Waals surface area (Å²) in [5, 5.41) is 7.50. The van der Waals surface area contributed by atoms with Crippen LogP contribution in [0.4, 0.5) is 5.13 Å². The number of rotatable bonds is 6. The summed E-state index contributed by atoms with van der Waals surface area (Å²) in [7, 11) is -3.53. The van der Waals surface area contributed by atoms with Crippen LogP contribution in [0.2, 0.25) is 0 Å². The monoisotopic (exact) mass is 375 g/mol. The number of carbonyl (C=O) groups excluding carboxylic acids is 2. The average molecular weight is 375 g/mol. The number of aromatic nitrogens is 1. The molecule has 2 heterocycles. The van der Waals surface area contributed by atoms with E-state index < -0.39 is 34.2 Å². The maximum Gasteiger partial charge on any atom is 0.362 e. The van der Waals surface area contributed by atoms with Crippen LogP contribution in [0.1, 0.15) is 5.69 Å². The number of nitrogen functional groups attached to an aromatic ring is 1. The van der Waals surface area contributed by atoms with Crippen LogP contribution < -0.4 is 11.1 Å². The number of nitrogens with zero attached hydrogens (tertiary/aromatic N) is 3. The number of hydrogen-bond acceptors (Lipinski definition) is 9. The molecule has 2 amide bonds. The number of oxime groups is 1. The molecule has 4 N–H and O–H groups in total. The Hall–Kier alpha value is -2.51. The largest absolute Gasteiger partial charge is 0.398 e. The SMILES string of the molecule is C=C[C@@H]1[C@H](NC(=O)/C(=N/OC)c2csc(N)n2)C(=O)N1S(=O)(=O)O. The fourth-order valence-electron chi connectivity index (χ4n) is 2.03. The maximum absolute atomic E-state index is 12.3. The van der Waals surface area contributed by atoms with Gasteiger partial charge >= 0.3 is 10.3 Å². The summed E-state index contributed by atoms with van der Waals surface area (Å²) in [6.45, 7) is 3.38. The van der Waals surface area contributed by atoms with Gasteiger partial charge in [0.05, 0.1) is 6.04 Å². The lowest BCUT2D eigenvalue weighted by atomic mass is 9.98. The smallest absolute Gasteiger partial charge is 0.362 e. The molecule has 11 nitrogen and oxygen atoms in total. The molecular formula is C11H13N5O6S2. The lowest BCUT2D eigenvalue weighted by Gasteiger charge is -2.42. The predicted octanol–water partition coefficient (Wildman–Crippen LogP) is -1.24. The third kappa shape index (κ3) is 3.22. The molecule has 24 heavy (non-hydrogen) atoms. The second kappa shape index (κ2) is 6.54. The van der Waals surface area contributed by atoms with Crippen molar-refractivity contribution >= 4 is 44.3 Å². The molecule has 0 unspecified atom stereocenters. The highest BCUT2D eigenvalue weighted by Crippen LogP contribution is 2.24. The van der Waals surface area contributed by atoms with Gasteiger partial charge in [0.25, 0.3) is 11.8 Å². The van der Waals surface area contributed by atoms with Gasteiger partial charge < -0.3 is 15.9 Å². The van der Waals surface area contributed by atoms with Gasteiger partial charge in [-0.25, -0.2) is 9.29 Å². The van der Waals surface area contributed by atoms with Crippen LogP contribution >= 0.6 is 11.3 Å². The van der Waals surface area contributed by atoms with Crippen LogP contribution in [0, 0.1) is 0 Å². The van der Waals surface area contributed by atoms with Crippen molar-refractivity contribution < 1.29 is 27.4 Å². The van der Waals surface area contributed by atoms with Crippen molar-refractivity contribution in [1.82, 2.24) is 14.6 Å². The topological polar surface area (TPSA) is 164 Å². The summed E-state index contributed by atoms with van der Waals surface area (Å²) in [4.78, 5) is 32.6. The van der Waals surface area contributed by atoms with Gasteiger partial charge in [0.1, 0.15) is 18.8 Å². The number of thiazole rings is 1. The van der Waals surface area contributed by atoms with E-state index in [0.29, 0.717) is 0 Å². The third-order valence-electron chi connectivity index (χ3n) is 3.03. The highest BCUT2D eigenvalue weighted by atomic mass is 32.2. The Morgan fingerprint density at radius 3 is 2.79 bits per heavy atom. The van der Waals surface area contributed by atoms with Crippen molar-refractivity contribution in [3.63, 3.8) is 0 Å². The van der Waals surface area contributed by atoms with E-state index in [1.807, 2.05) is 0 Å². The average Bonchev–Trinajstić information content (AvgIpc) is 2.91. The molecule has 130 valence electrons. The number of nitrogens with two attached hydrogens (primary N) is 1. The lowest BCUT2D eigenvalue weighted by Crippen LogP contribution is -2.71. The molecule has 1 aromatic rings. The van der Waals surface area contributed by atoms with Crippen LogP contribution in [-0.4, -0.2) is 59.0 Å². The highest BCUT2D eigenvalue weighted by molar-refractivity contribution is 7.84. The number of anilines is 1. The first-order chi connectivity index (χ1) is 11.2. The third-order valence-corrected chi connectivity index (χ3v) is 4.63. The van der Waals surface area contributed by atoms with Crippen molar-refractivity contribution in [2.45, 2.75) is 12.1 Å². The van der Waals surface area contributed by atoms with Crippen molar-refractivity contribution in [2.24, 2.45) is 5.16 Å². The van der Waals surface area contributed by atoms with Crippen LogP contribution in [0.5, 0.6) is 0 Å². The van der Waals surface area contributed by atoms with Gasteiger partial charge in [0, 0.05) is 5.38 Å². The fourth-order valence-corrected chi connectivity index (χ4v) is 3.44. The van der Waals surface area contributed by atoms with Gasteiger partial charge in [0.2, 0.25) is 0 Å². The molecule has 2 rings (SSSR count). The summed E-state index contributed by atoms with van der Waals surface area (Å²) < 4.78 is 31.4. The Balaban J connectivity index is 2.21. The van der Waals surface area contributed by atoms with E-state index in [0.717, 1.165) is 17.4 Å². The maximum atomic E-state index is 12.3. The van der Waals surface area contributed by atoms with Gasteiger partial charge in [-0.1, -0.05) is 11.2 Å². The first kappa shape index (κ1) is 17.8. The van der Waals surface area contributed by atoms with Gasteiger partial charge in [0.15, 0.2) is 10.8 Å². The molecule has 1 saturated heterocycles. The number of carbonyl (C=O) groups is 2. The molecule has 1 aliphatic rings. The molecule has 0 aliphatic carbocycles. The summed E-state index contributed by atoms with van der Waals surface area (Å²) >= 11 is 1.07. The van der Waals surface area contributed by atoms with Gasteiger partial charge in [-0.3, -0.25) is 14.1 Å². The Labute approximate surface area is 140 Å². The van der Waals surface area contributed by atoms with E-state index in [1.54, 1.807) is 0 Å². The van der Waals surface area contributed by atoms with Crippen molar-refractivity contribution in [3.8, 4) is 0 Å². The Morgan fingerprint density at radius 2 is 2.33 bits per heavy atom. The van der Waals surface area contributed by atoms with E-state index in [9.17, 15) is 18.0 Å². The first-order valence-electron chi connectivity index (χ1n) is 6.27. The molecular weight excluding hydrogens is 362 g/mol. The number of hydrogen-bond donors (Lipinski definition) is 3. The molecule has 0 radical (unpaired) electrons. The summed E-state index contributed by atoms with van der Waals surface area (Å²) in [5.74, 6) is -1.84. The normalized spacial score (nSPS) is 21.2. The molecule has 1 fully saturated rings. The predicted molar refractivity (Wildman–Crippen MR) is 84.4 cm³/mol.